The minimum absolute atomic E-state index is 0. The van der Waals surface area contributed by atoms with Gasteiger partial charge in [0, 0.05) is 5.69 Å². The van der Waals surface area contributed by atoms with Gasteiger partial charge >= 0.3 is 0 Å². The van der Waals surface area contributed by atoms with E-state index < -0.39 is 0 Å². The predicted octanol–water partition coefficient (Wildman–Crippen LogP) is 4.38. The summed E-state index contributed by atoms with van der Waals surface area (Å²) in [5, 5.41) is 7.21. The van der Waals surface area contributed by atoms with E-state index in [1.165, 1.54) is 23.4 Å². The molecule has 1 aromatic carbocycles. The van der Waals surface area contributed by atoms with Gasteiger partial charge in [0.1, 0.15) is 11.6 Å². The number of aryl methyl sites for hydroxylation is 2. The van der Waals surface area contributed by atoms with Crippen molar-refractivity contribution in [1.82, 2.24) is 10.2 Å². The normalized spacial score (nSPS) is 10.2. The van der Waals surface area contributed by atoms with Crippen molar-refractivity contribution in [3.8, 4) is 5.75 Å². The predicted molar refractivity (Wildman–Crippen MR) is 84.8 cm³/mol. The van der Waals surface area contributed by atoms with Crippen LogP contribution in [0.5, 0.6) is 5.75 Å². The lowest BCUT2D eigenvalue weighted by Gasteiger charge is -2.06. The number of nitrogens with one attached hydrogen (secondary N) is 1. The SMILES string of the molecule is Cc1n[nH]c(C)c1CCCCCOc1ccc(F)cc1.Cl. The van der Waals surface area contributed by atoms with Gasteiger partial charge in [0.05, 0.1) is 12.3 Å². The van der Waals surface area contributed by atoms with Crippen molar-refractivity contribution in [1.29, 1.82) is 0 Å². The number of hydrogen-bond donors (Lipinski definition) is 1. The number of ether oxygens (including phenoxy) is 1. The molecule has 2 rings (SSSR count). The second kappa shape index (κ2) is 8.67. The van der Waals surface area contributed by atoms with Gasteiger partial charge in [-0.25, -0.2) is 4.39 Å². The molecule has 116 valence electrons. The molecule has 0 aliphatic heterocycles. The van der Waals surface area contributed by atoms with Gasteiger partial charge in [-0.05, 0) is 69.4 Å². The molecule has 0 saturated carbocycles. The van der Waals surface area contributed by atoms with E-state index in [4.69, 9.17) is 4.74 Å². The van der Waals surface area contributed by atoms with Gasteiger partial charge in [0.25, 0.3) is 0 Å². The maximum atomic E-state index is 12.7. The first-order chi connectivity index (χ1) is 9.66. The first kappa shape index (κ1) is 17.5. The number of H-pyrrole nitrogens is 1. The van der Waals surface area contributed by atoms with Crippen molar-refractivity contribution in [2.24, 2.45) is 0 Å². The van der Waals surface area contributed by atoms with Gasteiger partial charge in [-0.1, -0.05) is 0 Å². The Balaban J connectivity index is 0.00000220. The Hall–Kier alpha value is -1.55. The quantitative estimate of drug-likeness (QED) is 0.770. The third kappa shape index (κ3) is 5.38. The topological polar surface area (TPSA) is 37.9 Å². The molecule has 1 aromatic heterocycles. The molecule has 1 N–H and O–H groups in total. The highest BCUT2D eigenvalue weighted by Crippen LogP contribution is 2.14. The Bertz CT molecular complexity index is 520. The first-order valence-electron chi connectivity index (χ1n) is 7.05. The van der Waals surface area contributed by atoms with Gasteiger partial charge < -0.3 is 4.74 Å². The highest BCUT2D eigenvalue weighted by Gasteiger charge is 2.05. The molecule has 5 heteroatoms. The van der Waals surface area contributed by atoms with Gasteiger partial charge in [-0.15, -0.1) is 12.4 Å². The van der Waals surface area contributed by atoms with Crippen molar-refractivity contribution in [3.05, 3.63) is 47.0 Å². The van der Waals surface area contributed by atoms with Crippen LogP contribution in [0.4, 0.5) is 4.39 Å². The van der Waals surface area contributed by atoms with Crippen molar-refractivity contribution < 1.29 is 9.13 Å². The van der Waals surface area contributed by atoms with E-state index in [1.54, 1.807) is 12.1 Å². The van der Waals surface area contributed by atoms with E-state index in [0.717, 1.165) is 37.1 Å². The van der Waals surface area contributed by atoms with Gasteiger partial charge in [0.15, 0.2) is 0 Å². The van der Waals surface area contributed by atoms with E-state index in [-0.39, 0.29) is 18.2 Å². The molecule has 0 unspecified atom stereocenters. The minimum Gasteiger partial charge on any atom is -0.494 e. The fraction of sp³-hybridized carbons (Fsp3) is 0.438. The van der Waals surface area contributed by atoms with Crippen LogP contribution in [0.1, 0.15) is 36.2 Å². The monoisotopic (exact) mass is 312 g/mol. The third-order valence-corrected chi connectivity index (χ3v) is 3.43. The zero-order valence-corrected chi connectivity index (χ0v) is 13.3. The Morgan fingerprint density at radius 3 is 2.43 bits per heavy atom. The van der Waals surface area contributed by atoms with Gasteiger partial charge in [-0.2, -0.15) is 5.10 Å². The summed E-state index contributed by atoms with van der Waals surface area (Å²) < 4.78 is 18.3. The summed E-state index contributed by atoms with van der Waals surface area (Å²) >= 11 is 0. The molecule has 0 aliphatic carbocycles. The summed E-state index contributed by atoms with van der Waals surface area (Å²) in [4.78, 5) is 0. The molecule has 0 bridgehead atoms. The molecule has 0 saturated heterocycles. The maximum absolute atomic E-state index is 12.7. The second-order valence-corrected chi connectivity index (χ2v) is 5.03. The van der Waals surface area contributed by atoms with Crippen molar-refractivity contribution in [3.63, 3.8) is 0 Å². The number of hydrogen-bond acceptors (Lipinski definition) is 2. The van der Waals surface area contributed by atoms with Crippen LogP contribution in [-0.2, 0) is 6.42 Å². The molecule has 21 heavy (non-hydrogen) atoms. The average Bonchev–Trinajstić information content (AvgIpc) is 2.76. The smallest absolute Gasteiger partial charge is 0.123 e. The number of unbranched alkanes of at least 4 members (excludes halogenated alkanes) is 2. The first-order valence-corrected chi connectivity index (χ1v) is 7.05. The number of rotatable bonds is 7. The van der Waals surface area contributed by atoms with E-state index >= 15 is 0 Å². The molecule has 0 amide bonds. The molecule has 0 spiro atoms. The van der Waals surface area contributed by atoms with Crippen molar-refractivity contribution >= 4 is 12.4 Å². The molecule has 1 heterocycles. The molecule has 0 radical (unpaired) electrons. The van der Waals surface area contributed by atoms with Gasteiger partial charge in [0.2, 0.25) is 0 Å². The second-order valence-electron chi connectivity index (χ2n) is 5.03. The van der Waals surface area contributed by atoms with Crippen LogP contribution >= 0.6 is 12.4 Å². The zero-order chi connectivity index (χ0) is 14.4. The van der Waals surface area contributed by atoms with Crippen LogP contribution in [0.3, 0.4) is 0 Å². The lowest BCUT2D eigenvalue weighted by Crippen LogP contribution is -1.98. The van der Waals surface area contributed by atoms with E-state index in [0.29, 0.717) is 6.61 Å². The lowest BCUT2D eigenvalue weighted by atomic mass is 10.1. The molecule has 0 aliphatic rings. The number of benzene rings is 1. The zero-order valence-electron chi connectivity index (χ0n) is 12.5. The van der Waals surface area contributed by atoms with Crippen molar-refractivity contribution in [2.75, 3.05) is 6.61 Å². The number of nitrogens with zero attached hydrogens (tertiary/aromatic N) is 1. The van der Waals surface area contributed by atoms with E-state index in [1.807, 2.05) is 6.92 Å². The van der Waals surface area contributed by atoms with E-state index in [9.17, 15) is 4.39 Å². The number of halogens is 2. The maximum Gasteiger partial charge on any atom is 0.123 e. The summed E-state index contributed by atoms with van der Waals surface area (Å²) in [5.41, 5.74) is 3.61. The lowest BCUT2D eigenvalue weighted by molar-refractivity contribution is 0.305. The molecule has 0 atom stereocenters. The Morgan fingerprint density at radius 1 is 1.10 bits per heavy atom. The highest BCUT2D eigenvalue weighted by molar-refractivity contribution is 5.85. The molecular formula is C16H22ClFN2O. The Morgan fingerprint density at radius 2 is 1.81 bits per heavy atom. The average molecular weight is 313 g/mol. The summed E-state index contributed by atoms with van der Waals surface area (Å²) in [6.45, 7) is 4.78. The van der Waals surface area contributed by atoms with Crippen LogP contribution in [0.15, 0.2) is 24.3 Å². The summed E-state index contributed by atoms with van der Waals surface area (Å²) in [5.74, 6) is 0.496. The molecule has 3 nitrogen and oxygen atoms in total. The van der Waals surface area contributed by atoms with E-state index in [2.05, 4.69) is 17.1 Å². The van der Waals surface area contributed by atoms with Crippen LogP contribution in [-0.4, -0.2) is 16.8 Å². The summed E-state index contributed by atoms with van der Waals surface area (Å²) in [6.07, 6.45) is 4.32. The standard InChI is InChI=1S/C16H21FN2O.ClH/c1-12-16(13(2)19-18-12)6-4-3-5-11-20-15-9-7-14(17)8-10-15;/h7-10H,3-6,11H2,1-2H3,(H,18,19);1H. The fourth-order valence-corrected chi connectivity index (χ4v) is 2.24. The largest absolute Gasteiger partial charge is 0.494 e. The molecule has 2 aromatic rings. The minimum atomic E-state index is -0.233. The fourth-order valence-electron chi connectivity index (χ4n) is 2.24. The molecule has 0 fully saturated rings. The van der Waals surface area contributed by atoms with Crippen LogP contribution in [0.2, 0.25) is 0 Å². The summed E-state index contributed by atoms with van der Waals surface area (Å²) in [7, 11) is 0. The Labute approximate surface area is 131 Å². The summed E-state index contributed by atoms with van der Waals surface area (Å²) in [6, 6.07) is 6.15. The molecular weight excluding hydrogens is 291 g/mol. The van der Waals surface area contributed by atoms with Gasteiger partial charge in [-0.3, -0.25) is 5.10 Å². The number of aromatic amines is 1. The Kier molecular flexibility index (Phi) is 7.23. The van der Waals surface area contributed by atoms with Crippen molar-refractivity contribution in [2.45, 2.75) is 39.5 Å². The highest BCUT2D eigenvalue weighted by atomic mass is 35.5. The van der Waals surface area contributed by atoms with Crippen LogP contribution in [0.25, 0.3) is 0 Å². The third-order valence-electron chi connectivity index (χ3n) is 3.43. The van der Waals surface area contributed by atoms with Crippen LogP contribution in [0, 0.1) is 19.7 Å². The number of aromatic nitrogens is 2. The van der Waals surface area contributed by atoms with Crippen LogP contribution < -0.4 is 4.74 Å².